The van der Waals surface area contributed by atoms with Gasteiger partial charge in [-0.25, -0.2) is 4.98 Å². The van der Waals surface area contributed by atoms with Crippen molar-refractivity contribution in [3.63, 3.8) is 0 Å². The largest absolute Gasteiger partial charge is 0.351 e. The van der Waals surface area contributed by atoms with Crippen LogP contribution in [-0.2, 0) is 0 Å². The van der Waals surface area contributed by atoms with E-state index in [9.17, 15) is 0 Å². The molecule has 1 N–H and O–H groups in total. The van der Waals surface area contributed by atoms with E-state index < -0.39 is 0 Å². The van der Waals surface area contributed by atoms with E-state index in [0.29, 0.717) is 0 Å². The van der Waals surface area contributed by atoms with Crippen LogP contribution in [0.4, 0.5) is 0 Å². The van der Waals surface area contributed by atoms with Gasteiger partial charge in [0.05, 0.1) is 6.33 Å². The van der Waals surface area contributed by atoms with Gasteiger partial charge < -0.3 is 4.98 Å². The first-order valence-corrected chi connectivity index (χ1v) is 5.24. The Morgan fingerprint density at radius 2 is 1.81 bits per heavy atom. The van der Waals surface area contributed by atoms with Crippen molar-refractivity contribution in [2.24, 2.45) is 0 Å². The Morgan fingerprint density at radius 1 is 1.00 bits per heavy atom. The summed E-state index contributed by atoms with van der Waals surface area (Å²) in [6.07, 6.45) is 5.08. The molecule has 1 aromatic heterocycles. The maximum absolute atomic E-state index is 3.67. The summed E-state index contributed by atoms with van der Waals surface area (Å²) in [5.41, 5.74) is 1.32. The van der Waals surface area contributed by atoms with Gasteiger partial charge in [0.15, 0.2) is 0 Å². The number of nitrogens with zero attached hydrogens (tertiary/aromatic N) is 1. The Labute approximate surface area is 95.0 Å². The molecule has 16 heavy (non-hydrogen) atoms. The molecule has 0 atom stereocenters. The first-order valence-electron chi connectivity index (χ1n) is 5.24. The van der Waals surface area contributed by atoms with Crippen LogP contribution >= 0.6 is 0 Å². The summed E-state index contributed by atoms with van der Waals surface area (Å²) in [6, 6.07) is 14.9. The lowest BCUT2D eigenvalue weighted by atomic mass is 10.1. The number of hydrogen-bond donors (Lipinski definition) is 1. The third-order valence-corrected chi connectivity index (χ3v) is 2.31. The van der Waals surface area contributed by atoms with E-state index in [4.69, 9.17) is 0 Å². The first-order chi connectivity index (χ1) is 7.86. The second-order valence-corrected chi connectivity index (χ2v) is 3.61. The molecule has 2 aromatic carbocycles. The molecule has 0 amide bonds. The van der Waals surface area contributed by atoms with Crippen molar-refractivity contribution in [1.82, 2.24) is 9.97 Å². The number of aromatic nitrogens is 2. The summed E-state index contributed by atoms with van der Waals surface area (Å²) in [5.74, 6) is 0. The van der Waals surface area contributed by atoms with Gasteiger partial charge in [0.25, 0.3) is 0 Å². The molecule has 0 aliphatic rings. The molecule has 0 aliphatic heterocycles. The fraction of sp³-hybridized carbons (Fsp3) is 0.0714. The number of benzene rings is 2. The quantitative estimate of drug-likeness (QED) is 0.604. The van der Waals surface area contributed by atoms with Gasteiger partial charge in [0.2, 0.25) is 0 Å². The van der Waals surface area contributed by atoms with Gasteiger partial charge in [-0.05, 0) is 17.7 Å². The van der Waals surface area contributed by atoms with E-state index in [0.717, 1.165) is 0 Å². The van der Waals surface area contributed by atoms with Crippen molar-refractivity contribution in [1.29, 1.82) is 0 Å². The molecule has 3 aromatic rings. The Kier molecular flexibility index (Phi) is 3.34. The van der Waals surface area contributed by atoms with E-state index in [2.05, 4.69) is 59.4 Å². The number of H-pyrrole nitrogens is 1. The van der Waals surface area contributed by atoms with Gasteiger partial charge in [-0.2, -0.15) is 0 Å². The maximum Gasteiger partial charge on any atom is 0.0919 e. The van der Waals surface area contributed by atoms with Crippen LogP contribution in [0.2, 0.25) is 0 Å². The van der Waals surface area contributed by atoms with Crippen LogP contribution in [0.5, 0.6) is 0 Å². The summed E-state index contributed by atoms with van der Waals surface area (Å²) in [7, 11) is 0. The van der Waals surface area contributed by atoms with Gasteiger partial charge in [-0.15, -0.1) is 0 Å². The number of hydrogen-bond acceptors (Lipinski definition) is 1. The predicted molar refractivity (Wildman–Crippen MR) is 67.3 cm³/mol. The number of fused-ring (bicyclic) bond motifs is 1. The highest BCUT2D eigenvalue weighted by molar-refractivity contribution is 5.82. The minimum Gasteiger partial charge on any atom is -0.351 e. The molecule has 80 valence electrons. The van der Waals surface area contributed by atoms with Crippen LogP contribution in [-0.4, -0.2) is 9.97 Å². The molecular weight excluding hydrogens is 196 g/mol. The molecule has 2 nitrogen and oxygen atoms in total. The van der Waals surface area contributed by atoms with Gasteiger partial charge >= 0.3 is 0 Å². The monoisotopic (exact) mass is 210 g/mol. The molecule has 0 bridgehead atoms. The Hall–Kier alpha value is -2.09. The third-order valence-electron chi connectivity index (χ3n) is 2.31. The van der Waals surface area contributed by atoms with Gasteiger partial charge in [-0.3, -0.25) is 0 Å². The normalized spacial score (nSPS) is 9.56. The van der Waals surface area contributed by atoms with Gasteiger partial charge in [-0.1, -0.05) is 48.0 Å². The highest BCUT2D eigenvalue weighted by Crippen LogP contribution is 2.14. The zero-order valence-corrected chi connectivity index (χ0v) is 9.22. The van der Waals surface area contributed by atoms with Crippen LogP contribution in [0.1, 0.15) is 5.56 Å². The Morgan fingerprint density at radius 3 is 2.44 bits per heavy atom. The lowest BCUT2D eigenvalue weighted by Gasteiger charge is -1.96. The minimum absolute atomic E-state index is 1.32. The molecule has 0 saturated heterocycles. The topological polar surface area (TPSA) is 28.7 Å². The number of aryl methyl sites for hydroxylation is 1. The second-order valence-electron chi connectivity index (χ2n) is 3.61. The van der Waals surface area contributed by atoms with Crippen LogP contribution in [0, 0.1) is 6.92 Å². The van der Waals surface area contributed by atoms with E-state index in [1.54, 1.807) is 18.7 Å². The molecule has 0 fully saturated rings. The molecule has 0 spiro atoms. The van der Waals surface area contributed by atoms with E-state index in [1.807, 2.05) is 0 Å². The zero-order chi connectivity index (χ0) is 11.2. The van der Waals surface area contributed by atoms with Crippen molar-refractivity contribution in [3.05, 3.63) is 66.7 Å². The molecule has 1 heterocycles. The number of aromatic amines is 1. The van der Waals surface area contributed by atoms with Crippen molar-refractivity contribution in [2.75, 3.05) is 0 Å². The fourth-order valence-electron chi connectivity index (χ4n) is 1.52. The third kappa shape index (κ3) is 2.70. The van der Waals surface area contributed by atoms with Crippen molar-refractivity contribution >= 4 is 10.8 Å². The molecule has 0 aliphatic carbocycles. The van der Waals surface area contributed by atoms with Crippen LogP contribution in [0.15, 0.2) is 61.2 Å². The first kappa shape index (κ1) is 10.4. The minimum atomic E-state index is 1.32. The highest BCUT2D eigenvalue weighted by Gasteiger charge is 1.89. The second kappa shape index (κ2) is 5.12. The van der Waals surface area contributed by atoms with Crippen LogP contribution in [0.3, 0.4) is 0 Å². The van der Waals surface area contributed by atoms with E-state index in [-0.39, 0.29) is 0 Å². The number of nitrogens with one attached hydrogen (secondary N) is 1. The fourth-order valence-corrected chi connectivity index (χ4v) is 1.52. The smallest absolute Gasteiger partial charge is 0.0919 e. The average Bonchev–Trinajstić information content (AvgIpc) is 2.87. The Bertz CT molecular complexity index is 524. The van der Waals surface area contributed by atoms with Gasteiger partial charge in [0.1, 0.15) is 0 Å². The summed E-state index contributed by atoms with van der Waals surface area (Å²) in [4.78, 5) is 6.42. The Balaban J connectivity index is 0.000000162. The summed E-state index contributed by atoms with van der Waals surface area (Å²) in [5, 5.41) is 2.64. The lowest BCUT2D eigenvalue weighted by molar-refractivity contribution is 1.31. The molecule has 2 heteroatoms. The summed E-state index contributed by atoms with van der Waals surface area (Å²) >= 11 is 0. The lowest BCUT2D eigenvalue weighted by Crippen LogP contribution is -1.73. The van der Waals surface area contributed by atoms with Gasteiger partial charge in [0, 0.05) is 12.4 Å². The molecule has 0 unspecified atom stereocenters. The molecule has 0 saturated carbocycles. The molecule has 3 rings (SSSR count). The number of imidazole rings is 1. The van der Waals surface area contributed by atoms with Crippen LogP contribution < -0.4 is 0 Å². The number of rotatable bonds is 0. The van der Waals surface area contributed by atoms with Crippen molar-refractivity contribution in [2.45, 2.75) is 6.92 Å². The van der Waals surface area contributed by atoms with Crippen molar-refractivity contribution in [3.8, 4) is 0 Å². The average molecular weight is 210 g/mol. The van der Waals surface area contributed by atoms with E-state index in [1.165, 1.54) is 16.3 Å². The SMILES string of the molecule is Cc1ccc2ccccc2c1.c1c[nH]cn1. The standard InChI is InChI=1S/C11H10.C3H4N2/c1-9-6-7-10-4-2-3-5-11(10)8-9;1-2-5-3-4-1/h2-8H,1H3;1-3H,(H,4,5). The summed E-state index contributed by atoms with van der Waals surface area (Å²) < 4.78 is 0. The molecular formula is C14H14N2. The predicted octanol–water partition coefficient (Wildman–Crippen LogP) is 3.56. The molecule has 0 radical (unpaired) electrons. The van der Waals surface area contributed by atoms with E-state index >= 15 is 0 Å². The highest BCUT2D eigenvalue weighted by atomic mass is 14.8. The zero-order valence-electron chi connectivity index (χ0n) is 9.22. The summed E-state index contributed by atoms with van der Waals surface area (Å²) in [6.45, 7) is 2.12. The maximum atomic E-state index is 3.67. The van der Waals surface area contributed by atoms with Crippen molar-refractivity contribution < 1.29 is 0 Å². The van der Waals surface area contributed by atoms with Crippen LogP contribution in [0.25, 0.3) is 10.8 Å².